The van der Waals surface area contributed by atoms with E-state index in [0.717, 1.165) is 17.3 Å². The molecule has 0 aliphatic heterocycles. The first kappa shape index (κ1) is 14.4. The van der Waals surface area contributed by atoms with Crippen LogP contribution in [0.3, 0.4) is 0 Å². The maximum absolute atomic E-state index is 12.1. The number of rotatable bonds is 2. The molecule has 0 spiro atoms. The van der Waals surface area contributed by atoms with Crippen LogP contribution in [0.2, 0.25) is 0 Å². The number of nitrogens with two attached hydrogens (primary N) is 1. The second kappa shape index (κ2) is 5.95. The number of benzene rings is 1. The number of anilines is 1. The van der Waals surface area contributed by atoms with Gasteiger partial charge in [0.1, 0.15) is 6.10 Å². The molecule has 1 fully saturated rings. The minimum absolute atomic E-state index is 0.0441. The molecular weight excluding hydrogens is 306 g/mol. The van der Waals surface area contributed by atoms with Gasteiger partial charge in [-0.15, -0.1) is 0 Å². The molecule has 1 saturated carbocycles. The fourth-order valence-electron chi connectivity index (χ4n) is 2.84. The third kappa shape index (κ3) is 3.72. The monoisotopic (exact) mass is 325 g/mol. The summed E-state index contributed by atoms with van der Waals surface area (Å²) in [5, 5.41) is 0. The zero-order valence-electron chi connectivity index (χ0n) is 11.4. The van der Waals surface area contributed by atoms with Gasteiger partial charge >= 0.3 is 5.97 Å². The standard InChI is InChI=1S/C15H20BrNO2/c1-9-5-10(2)7-12(6-9)19-15(18)11-3-4-14(17)13(16)8-11/h3-4,8-10,12H,5-7,17H2,1-2H3. The van der Waals surface area contributed by atoms with Gasteiger partial charge in [0.15, 0.2) is 0 Å². The topological polar surface area (TPSA) is 52.3 Å². The van der Waals surface area contributed by atoms with Crippen LogP contribution in [0.4, 0.5) is 5.69 Å². The van der Waals surface area contributed by atoms with E-state index in [2.05, 4.69) is 29.8 Å². The molecule has 0 bridgehead atoms. The molecule has 2 atom stereocenters. The lowest BCUT2D eigenvalue weighted by atomic mass is 9.82. The van der Waals surface area contributed by atoms with Gasteiger partial charge in [-0.2, -0.15) is 0 Å². The number of halogens is 1. The maximum Gasteiger partial charge on any atom is 0.338 e. The molecule has 2 N–H and O–H groups in total. The van der Waals surface area contributed by atoms with E-state index in [9.17, 15) is 4.79 Å². The Morgan fingerprint density at radius 3 is 2.47 bits per heavy atom. The molecule has 2 unspecified atom stereocenters. The minimum atomic E-state index is -0.257. The Morgan fingerprint density at radius 2 is 1.89 bits per heavy atom. The number of hydrogen-bond acceptors (Lipinski definition) is 3. The summed E-state index contributed by atoms with van der Waals surface area (Å²) in [6.07, 6.45) is 3.20. The zero-order valence-corrected chi connectivity index (χ0v) is 12.9. The second-order valence-electron chi connectivity index (χ2n) is 5.68. The molecule has 0 amide bonds. The Balaban J connectivity index is 2.02. The van der Waals surface area contributed by atoms with E-state index in [-0.39, 0.29) is 12.1 Å². The van der Waals surface area contributed by atoms with Crippen LogP contribution in [0.5, 0.6) is 0 Å². The highest BCUT2D eigenvalue weighted by molar-refractivity contribution is 9.10. The van der Waals surface area contributed by atoms with E-state index < -0.39 is 0 Å². The largest absolute Gasteiger partial charge is 0.459 e. The molecule has 1 aliphatic carbocycles. The van der Waals surface area contributed by atoms with Gasteiger partial charge in [-0.3, -0.25) is 0 Å². The predicted molar refractivity (Wildman–Crippen MR) is 79.9 cm³/mol. The van der Waals surface area contributed by atoms with E-state index in [4.69, 9.17) is 10.5 Å². The van der Waals surface area contributed by atoms with Crippen molar-refractivity contribution in [2.75, 3.05) is 5.73 Å². The highest BCUT2D eigenvalue weighted by Crippen LogP contribution is 2.31. The van der Waals surface area contributed by atoms with Gasteiger partial charge in [0.25, 0.3) is 0 Å². The molecule has 1 aromatic carbocycles. The SMILES string of the molecule is CC1CC(C)CC(OC(=O)c2ccc(N)c(Br)c2)C1. The van der Waals surface area contributed by atoms with E-state index in [1.54, 1.807) is 18.2 Å². The third-order valence-electron chi connectivity index (χ3n) is 3.65. The first-order chi connectivity index (χ1) is 8.95. The third-order valence-corrected chi connectivity index (χ3v) is 4.33. The smallest absolute Gasteiger partial charge is 0.338 e. The number of carbonyl (C=O) groups excluding carboxylic acids is 1. The van der Waals surface area contributed by atoms with Crippen LogP contribution in [0.1, 0.15) is 43.5 Å². The summed E-state index contributed by atoms with van der Waals surface area (Å²) in [6, 6.07) is 5.14. The van der Waals surface area contributed by atoms with Crippen LogP contribution in [0.15, 0.2) is 22.7 Å². The van der Waals surface area contributed by atoms with Crippen molar-refractivity contribution in [2.24, 2.45) is 11.8 Å². The molecule has 104 valence electrons. The molecule has 1 aliphatic rings. The normalized spacial score (nSPS) is 27.0. The number of carbonyl (C=O) groups is 1. The van der Waals surface area contributed by atoms with Gasteiger partial charge in [-0.1, -0.05) is 13.8 Å². The molecule has 0 aromatic heterocycles. The average Bonchev–Trinajstić information content (AvgIpc) is 2.31. The second-order valence-corrected chi connectivity index (χ2v) is 6.54. The number of esters is 1. The van der Waals surface area contributed by atoms with Gasteiger partial charge < -0.3 is 10.5 Å². The van der Waals surface area contributed by atoms with E-state index in [0.29, 0.717) is 23.1 Å². The van der Waals surface area contributed by atoms with Crippen LogP contribution >= 0.6 is 15.9 Å². The van der Waals surface area contributed by atoms with E-state index in [1.165, 1.54) is 6.42 Å². The summed E-state index contributed by atoms with van der Waals surface area (Å²) < 4.78 is 6.34. The van der Waals surface area contributed by atoms with Crippen molar-refractivity contribution >= 4 is 27.6 Å². The van der Waals surface area contributed by atoms with Crippen LogP contribution in [0.25, 0.3) is 0 Å². The highest BCUT2D eigenvalue weighted by Gasteiger charge is 2.27. The number of ether oxygens (including phenoxy) is 1. The summed E-state index contributed by atoms with van der Waals surface area (Å²) in [6.45, 7) is 4.44. The molecular formula is C15H20BrNO2. The van der Waals surface area contributed by atoms with Crippen LogP contribution < -0.4 is 5.73 Å². The Morgan fingerprint density at radius 1 is 1.26 bits per heavy atom. The van der Waals surface area contributed by atoms with Gasteiger partial charge in [-0.25, -0.2) is 4.79 Å². The molecule has 0 saturated heterocycles. The molecule has 1 aromatic rings. The summed E-state index contributed by atoms with van der Waals surface area (Å²) in [5.41, 5.74) is 6.88. The number of nitrogen functional groups attached to an aromatic ring is 1. The molecule has 0 heterocycles. The Labute approximate surface area is 122 Å². The summed E-state index contributed by atoms with van der Waals surface area (Å²) in [7, 11) is 0. The number of hydrogen-bond donors (Lipinski definition) is 1. The van der Waals surface area contributed by atoms with Gasteiger partial charge in [0.2, 0.25) is 0 Å². The lowest BCUT2D eigenvalue weighted by Crippen LogP contribution is -2.28. The van der Waals surface area contributed by atoms with Crippen molar-refractivity contribution in [2.45, 2.75) is 39.2 Å². The first-order valence-corrected chi connectivity index (χ1v) is 7.51. The Bertz CT molecular complexity index is 465. The zero-order chi connectivity index (χ0) is 14.0. The predicted octanol–water partition coefficient (Wildman–Crippen LogP) is 4.01. The van der Waals surface area contributed by atoms with Crippen molar-refractivity contribution in [3.63, 3.8) is 0 Å². The molecule has 2 rings (SSSR count). The van der Waals surface area contributed by atoms with Crippen LogP contribution in [-0.4, -0.2) is 12.1 Å². The van der Waals surface area contributed by atoms with Gasteiger partial charge in [-0.05, 0) is 65.2 Å². The van der Waals surface area contributed by atoms with E-state index in [1.807, 2.05) is 0 Å². The Hall–Kier alpha value is -1.03. The van der Waals surface area contributed by atoms with Crippen LogP contribution in [-0.2, 0) is 4.74 Å². The minimum Gasteiger partial charge on any atom is -0.459 e. The van der Waals surface area contributed by atoms with E-state index >= 15 is 0 Å². The lowest BCUT2D eigenvalue weighted by Gasteiger charge is -2.31. The average molecular weight is 326 g/mol. The summed E-state index contributed by atoms with van der Waals surface area (Å²) in [5.74, 6) is 0.992. The maximum atomic E-state index is 12.1. The quantitative estimate of drug-likeness (QED) is 0.660. The summed E-state index contributed by atoms with van der Waals surface area (Å²) in [4.78, 5) is 12.1. The van der Waals surface area contributed by atoms with Crippen molar-refractivity contribution in [1.29, 1.82) is 0 Å². The van der Waals surface area contributed by atoms with Crippen molar-refractivity contribution in [1.82, 2.24) is 0 Å². The summed E-state index contributed by atoms with van der Waals surface area (Å²) >= 11 is 3.33. The molecule has 3 nitrogen and oxygen atoms in total. The van der Waals surface area contributed by atoms with Gasteiger partial charge in [0.05, 0.1) is 5.56 Å². The van der Waals surface area contributed by atoms with Crippen LogP contribution in [0, 0.1) is 11.8 Å². The molecule has 4 heteroatoms. The fourth-order valence-corrected chi connectivity index (χ4v) is 3.22. The highest BCUT2D eigenvalue weighted by atomic mass is 79.9. The fraction of sp³-hybridized carbons (Fsp3) is 0.533. The van der Waals surface area contributed by atoms with Crippen molar-refractivity contribution in [3.05, 3.63) is 28.2 Å². The first-order valence-electron chi connectivity index (χ1n) is 6.71. The Kier molecular flexibility index (Phi) is 4.50. The molecule has 0 radical (unpaired) electrons. The van der Waals surface area contributed by atoms with Crippen molar-refractivity contribution in [3.8, 4) is 0 Å². The lowest BCUT2D eigenvalue weighted by molar-refractivity contribution is 0.00805. The van der Waals surface area contributed by atoms with Crippen molar-refractivity contribution < 1.29 is 9.53 Å². The van der Waals surface area contributed by atoms with Gasteiger partial charge in [0, 0.05) is 10.2 Å². The molecule has 19 heavy (non-hydrogen) atoms.